The number of hydrogen-bond acceptors (Lipinski definition) is 8. The summed E-state index contributed by atoms with van der Waals surface area (Å²) in [7, 11) is 0. The quantitative estimate of drug-likeness (QED) is 0.156. The smallest absolute Gasteiger partial charge is 0.333 e. The second-order valence-electron chi connectivity index (χ2n) is 11.1. The Labute approximate surface area is 246 Å². The van der Waals surface area contributed by atoms with Gasteiger partial charge < -0.3 is 9.47 Å². The molecule has 0 aliphatic rings. The van der Waals surface area contributed by atoms with Gasteiger partial charge in [-0.3, -0.25) is 21.4 Å². The third-order valence-corrected chi connectivity index (χ3v) is 7.75. The molecule has 0 fully saturated rings. The van der Waals surface area contributed by atoms with E-state index < -0.39 is 34.2 Å². The zero-order valence-electron chi connectivity index (χ0n) is 24.2. The lowest BCUT2D eigenvalue weighted by Crippen LogP contribution is -2.56. The Morgan fingerprint density at radius 2 is 0.905 bits per heavy atom. The van der Waals surface area contributed by atoms with Crippen LogP contribution in [0, 0.1) is 0 Å². The van der Waals surface area contributed by atoms with Crippen LogP contribution in [0.15, 0.2) is 122 Å². The maximum absolute atomic E-state index is 13.2. The van der Waals surface area contributed by atoms with Crippen molar-refractivity contribution in [2.45, 2.75) is 50.0 Å². The van der Waals surface area contributed by atoms with Crippen molar-refractivity contribution in [3.8, 4) is 0 Å². The number of rotatable bonds is 10. The molecule has 0 radical (unpaired) electrons. The predicted molar refractivity (Wildman–Crippen MR) is 160 cm³/mol. The van der Waals surface area contributed by atoms with Crippen LogP contribution in [-0.4, -0.2) is 21.9 Å². The molecular weight excluding hydrogens is 528 g/mol. The minimum atomic E-state index is -1.63. The van der Waals surface area contributed by atoms with Gasteiger partial charge >= 0.3 is 11.9 Å². The van der Waals surface area contributed by atoms with Gasteiger partial charge in [0.15, 0.2) is 11.4 Å². The standard InChI is InChI=1S/C34H36N4O4/c1-31(2,27-19-11-13-23-37-27)33(35,25-15-7-5-8-16-25)41-29(39)21-22-30(40)42-34(36,26-17-9-6-10-18-26)32(3,4)28-20-12-14-24-38-28/h5-24H,35-36H2,1-4H3/b22-21+. The summed E-state index contributed by atoms with van der Waals surface area (Å²) in [6.45, 7) is 7.37. The van der Waals surface area contributed by atoms with Crippen molar-refractivity contribution in [2.24, 2.45) is 11.5 Å². The summed E-state index contributed by atoms with van der Waals surface area (Å²) in [6.07, 6.45) is 5.28. The van der Waals surface area contributed by atoms with Crippen LogP contribution in [0.2, 0.25) is 0 Å². The van der Waals surface area contributed by atoms with Crippen molar-refractivity contribution >= 4 is 11.9 Å². The summed E-state index contributed by atoms with van der Waals surface area (Å²) >= 11 is 0. The Bertz CT molecular complexity index is 1410. The highest BCUT2D eigenvalue weighted by Crippen LogP contribution is 2.42. The predicted octanol–water partition coefficient (Wildman–Crippen LogP) is 5.00. The second kappa shape index (κ2) is 12.1. The van der Waals surface area contributed by atoms with E-state index in [1.807, 2.05) is 64.1 Å². The Balaban J connectivity index is 1.62. The van der Waals surface area contributed by atoms with E-state index >= 15 is 0 Å². The average molecular weight is 565 g/mol. The molecule has 0 spiro atoms. The van der Waals surface area contributed by atoms with Gasteiger partial charge in [-0.1, -0.05) is 72.8 Å². The highest BCUT2D eigenvalue weighted by molar-refractivity contribution is 5.92. The summed E-state index contributed by atoms with van der Waals surface area (Å²) in [6, 6.07) is 28.9. The Morgan fingerprint density at radius 3 is 1.21 bits per heavy atom. The zero-order valence-corrected chi connectivity index (χ0v) is 24.2. The van der Waals surface area contributed by atoms with Gasteiger partial charge in [0.05, 0.1) is 22.2 Å². The molecule has 0 aliphatic heterocycles. The summed E-state index contributed by atoms with van der Waals surface area (Å²) in [5, 5.41) is 0. The molecule has 4 aromatic rings. The molecule has 0 amide bonds. The molecule has 42 heavy (non-hydrogen) atoms. The molecule has 0 bridgehead atoms. The number of carbonyl (C=O) groups is 2. The normalized spacial score (nSPS) is 14.9. The lowest BCUT2D eigenvalue weighted by molar-refractivity contribution is -0.166. The molecule has 2 heterocycles. The van der Waals surface area contributed by atoms with Crippen molar-refractivity contribution in [1.82, 2.24) is 9.97 Å². The van der Waals surface area contributed by atoms with Crippen LogP contribution in [0.4, 0.5) is 0 Å². The molecule has 2 atom stereocenters. The van der Waals surface area contributed by atoms with Gasteiger partial charge in [-0.2, -0.15) is 0 Å². The minimum Gasteiger partial charge on any atom is -0.436 e. The minimum absolute atomic E-state index is 0.562. The van der Waals surface area contributed by atoms with Gasteiger partial charge in [-0.25, -0.2) is 9.59 Å². The van der Waals surface area contributed by atoms with E-state index in [9.17, 15) is 9.59 Å². The fourth-order valence-corrected chi connectivity index (χ4v) is 4.83. The highest BCUT2D eigenvalue weighted by atomic mass is 16.6. The van der Waals surface area contributed by atoms with Crippen LogP contribution in [-0.2, 0) is 41.3 Å². The molecule has 4 rings (SSSR count). The number of benzene rings is 2. The van der Waals surface area contributed by atoms with Gasteiger partial charge in [0, 0.05) is 35.7 Å². The lowest BCUT2D eigenvalue weighted by Gasteiger charge is -2.43. The molecule has 0 saturated carbocycles. The Morgan fingerprint density at radius 1 is 0.571 bits per heavy atom. The van der Waals surface area contributed by atoms with E-state index in [1.54, 1.807) is 73.1 Å². The highest BCUT2D eigenvalue weighted by Gasteiger charge is 2.50. The van der Waals surface area contributed by atoms with Crippen molar-refractivity contribution in [3.63, 3.8) is 0 Å². The summed E-state index contributed by atoms with van der Waals surface area (Å²) in [5.41, 5.74) is 11.0. The second-order valence-corrected chi connectivity index (χ2v) is 11.1. The van der Waals surface area contributed by atoms with Crippen LogP contribution in [0.5, 0.6) is 0 Å². The van der Waals surface area contributed by atoms with Gasteiger partial charge in [0.1, 0.15) is 0 Å². The number of nitrogens with two attached hydrogens (primary N) is 2. The lowest BCUT2D eigenvalue weighted by atomic mass is 9.74. The monoisotopic (exact) mass is 564 g/mol. The van der Waals surface area contributed by atoms with Crippen LogP contribution < -0.4 is 11.5 Å². The topological polar surface area (TPSA) is 130 Å². The number of aromatic nitrogens is 2. The molecule has 8 nitrogen and oxygen atoms in total. The summed E-state index contributed by atoms with van der Waals surface area (Å²) in [5.74, 6) is -1.68. The van der Waals surface area contributed by atoms with Crippen molar-refractivity contribution in [3.05, 3.63) is 144 Å². The number of pyridine rings is 2. The third-order valence-electron chi connectivity index (χ3n) is 7.75. The number of carbonyl (C=O) groups excluding carboxylic acids is 2. The summed E-state index contributed by atoms with van der Waals surface area (Å²) in [4.78, 5) is 35.3. The van der Waals surface area contributed by atoms with Crippen molar-refractivity contribution < 1.29 is 19.1 Å². The molecule has 2 aromatic heterocycles. The van der Waals surface area contributed by atoms with E-state index in [0.717, 1.165) is 12.2 Å². The molecule has 216 valence electrons. The molecular formula is C34H36N4O4. The fourth-order valence-electron chi connectivity index (χ4n) is 4.83. The van der Waals surface area contributed by atoms with E-state index in [4.69, 9.17) is 20.9 Å². The van der Waals surface area contributed by atoms with Crippen LogP contribution in [0.25, 0.3) is 0 Å². The van der Waals surface area contributed by atoms with E-state index in [-0.39, 0.29) is 0 Å². The number of hydrogen-bond donors (Lipinski definition) is 2. The first-order valence-electron chi connectivity index (χ1n) is 13.6. The first kappa shape index (κ1) is 30.3. The van der Waals surface area contributed by atoms with Gasteiger partial charge in [0.25, 0.3) is 0 Å². The first-order valence-corrected chi connectivity index (χ1v) is 13.6. The number of esters is 2. The maximum Gasteiger partial charge on any atom is 0.333 e. The Kier molecular flexibility index (Phi) is 8.70. The van der Waals surface area contributed by atoms with Crippen LogP contribution >= 0.6 is 0 Å². The molecule has 0 saturated heterocycles. The van der Waals surface area contributed by atoms with Gasteiger partial charge in [-0.05, 0) is 52.0 Å². The van der Waals surface area contributed by atoms with Gasteiger partial charge in [0.2, 0.25) is 0 Å². The fraction of sp³-hybridized carbons (Fsp3) is 0.235. The molecule has 2 unspecified atom stereocenters. The average Bonchev–Trinajstić information content (AvgIpc) is 3.01. The molecule has 2 aromatic carbocycles. The van der Waals surface area contributed by atoms with E-state index in [0.29, 0.717) is 22.5 Å². The maximum atomic E-state index is 13.2. The number of ether oxygens (including phenoxy) is 2. The molecule has 4 N–H and O–H groups in total. The Hall–Kier alpha value is -4.66. The first-order chi connectivity index (χ1) is 19.9. The molecule has 8 heteroatoms. The van der Waals surface area contributed by atoms with Crippen LogP contribution in [0.3, 0.4) is 0 Å². The van der Waals surface area contributed by atoms with E-state index in [1.165, 1.54) is 0 Å². The zero-order chi connectivity index (χ0) is 30.4. The van der Waals surface area contributed by atoms with Crippen LogP contribution in [0.1, 0.15) is 50.2 Å². The third kappa shape index (κ3) is 5.86. The SMILES string of the molecule is CC(C)(c1ccccn1)C(N)(OC(=O)/C=C/C(=O)OC(N)(c1ccccc1)C(C)(C)c1ccccn1)c1ccccc1. The number of nitrogens with zero attached hydrogens (tertiary/aromatic N) is 2. The van der Waals surface area contributed by atoms with Crippen molar-refractivity contribution in [2.75, 3.05) is 0 Å². The largest absolute Gasteiger partial charge is 0.436 e. The molecule has 0 aliphatic carbocycles. The summed E-state index contributed by atoms with van der Waals surface area (Å²) < 4.78 is 11.8. The van der Waals surface area contributed by atoms with Gasteiger partial charge in [-0.15, -0.1) is 0 Å². The van der Waals surface area contributed by atoms with Crippen molar-refractivity contribution in [1.29, 1.82) is 0 Å². The van der Waals surface area contributed by atoms with E-state index in [2.05, 4.69) is 9.97 Å².